The molecule has 1 aliphatic rings. The van der Waals surface area contributed by atoms with Crippen LogP contribution < -0.4 is 4.90 Å². The van der Waals surface area contributed by atoms with Gasteiger partial charge in [0.15, 0.2) is 0 Å². The van der Waals surface area contributed by atoms with E-state index in [-0.39, 0.29) is 11.5 Å². The van der Waals surface area contributed by atoms with Gasteiger partial charge in [-0.25, -0.2) is 4.98 Å². The summed E-state index contributed by atoms with van der Waals surface area (Å²) in [6.07, 6.45) is 1.99. The van der Waals surface area contributed by atoms with E-state index in [9.17, 15) is 0 Å². The van der Waals surface area contributed by atoms with Crippen molar-refractivity contribution in [2.45, 2.75) is 39.2 Å². The molecule has 4 heteroatoms. The monoisotopic (exact) mass is 272 g/mol. The fourth-order valence-electron chi connectivity index (χ4n) is 2.44. The van der Waals surface area contributed by atoms with Crippen LogP contribution in [0.1, 0.15) is 33.3 Å². The van der Waals surface area contributed by atoms with Gasteiger partial charge in [-0.05, 0) is 24.0 Å². The van der Waals surface area contributed by atoms with Crippen LogP contribution in [0.4, 0.5) is 5.82 Å². The van der Waals surface area contributed by atoms with Crippen LogP contribution in [0.25, 0.3) is 0 Å². The Balaban J connectivity index is 1.99. The van der Waals surface area contributed by atoms with E-state index in [1.807, 2.05) is 13.1 Å². The minimum absolute atomic E-state index is 0.00776. The lowest BCUT2D eigenvalue weighted by molar-refractivity contribution is 0.231. The van der Waals surface area contributed by atoms with E-state index in [0.717, 1.165) is 32.0 Å². The van der Waals surface area contributed by atoms with Gasteiger partial charge in [0.05, 0.1) is 12.1 Å². The molecular weight excluding hydrogens is 248 g/mol. The smallest absolute Gasteiger partial charge is 0.128 e. The van der Waals surface area contributed by atoms with Crippen molar-refractivity contribution in [1.29, 1.82) is 5.26 Å². The summed E-state index contributed by atoms with van der Waals surface area (Å²) in [7, 11) is 0. The van der Waals surface area contributed by atoms with Crippen molar-refractivity contribution in [3.8, 4) is 6.07 Å². The number of hydrogen-bond donors (Lipinski definition) is 0. The largest absolute Gasteiger partial charge is 0.354 e. The molecule has 0 radical (unpaired) electrons. The van der Waals surface area contributed by atoms with E-state index in [1.54, 1.807) is 0 Å². The summed E-state index contributed by atoms with van der Waals surface area (Å²) in [5, 5.41) is 8.96. The van der Waals surface area contributed by atoms with Gasteiger partial charge in [0, 0.05) is 32.4 Å². The van der Waals surface area contributed by atoms with Gasteiger partial charge in [-0.3, -0.25) is 4.90 Å². The van der Waals surface area contributed by atoms with Crippen molar-refractivity contribution >= 4 is 5.82 Å². The van der Waals surface area contributed by atoms with Crippen molar-refractivity contribution in [2.24, 2.45) is 0 Å². The molecule has 2 heterocycles. The molecule has 0 amide bonds. The van der Waals surface area contributed by atoms with Crippen LogP contribution in [-0.2, 0) is 5.41 Å². The second kappa shape index (κ2) is 5.80. The van der Waals surface area contributed by atoms with Crippen LogP contribution in [0.15, 0.2) is 18.3 Å². The second-order valence-electron chi connectivity index (χ2n) is 6.48. The number of piperazine rings is 1. The Morgan fingerprint density at radius 3 is 2.30 bits per heavy atom. The number of anilines is 1. The molecule has 20 heavy (non-hydrogen) atoms. The third-order valence-electron chi connectivity index (χ3n) is 3.99. The molecule has 0 aliphatic carbocycles. The third-order valence-corrected chi connectivity index (χ3v) is 3.99. The van der Waals surface area contributed by atoms with Gasteiger partial charge in [0.25, 0.3) is 0 Å². The van der Waals surface area contributed by atoms with Crippen LogP contribution in [0.5, 0.6) is 0 Å². The molecule has 0 bridgehead atoms. The molecule has 1 atom stereocenters. The Morgan fingerprint density at radius 2 is 1.85 bits per heavy atom. The third kappa shape index (κ3) is 3.29. The van der Waals surface area contributed by atoms with Crippen LogP contribution in [-0.4, -0.2) is 42.1 Å². The molecule has 1 saturated heterocycles. The van der Waals surface area contributed by atoms with Gasteiger partial charge in [0.2, 0.25) is 0 Å². The number of rotatable bonds is 2. The van der Waals surface area contributed by atoms with Gasteiger partial charge in [-0.2, -0.15) is 5.26 Å². The average molecular weight is 272 g/mol. The van der Waals surface area contributed by atoms with Crippen molar-refractivity contribution in [3.63, 3.8) is 0 Å². The summed E-state index contributed by atoms with van der Waals surface area (Å²) < 4.78 is 0. The molecule has 0 aromatic carbocycles. The Hall–Kier alpha value is -1.60. The van der Waals surface area contributed by atoms with E-state index in [2.05, 4.69) is 53.8 Å². The molecule has 0 saturated carbocycles. The summed E-state index contributed by atoms with van der Waals surface area (Å²) >= 11 is 0. The predicted molar refractivity (Wildman–Crippen MR) is 81.8 cm³/mol. The number of hydrogen-bond acceptors (Lipinski definition) is 4. The minimum atomic E-state index is 0.00776. The van der Waals surface area contributed by atoms with Gasteiger partial charge in [-0.1, -0.05) is 26.8 Å². The van der Waals surface area contributed by atoms with E-state index >= 15 is 0 Å². The maximum absolute atomic E-state index is 8.96. The molecule has 1 aromatic rings. The van der Waals surface area contributed by atoms with E-state index in [4.69, 9.17) is 5.26 Å². The zero-order valence-corrected chi connectivity index (χ0v) is 12.9. The molecule has 4 nitrogen and oxygen atoms in total. The maximum atomic E-state index is 8.96. The molecule has 1 unspecified atom stereocenters. The Kier molecular flexibility index (Phi) is 4.29. The fourth-order valence-corrected chi connectivity index (χ4v) is 2.44. The van der Waals surface area contributed by atoms with Gasteiger partial charge >= 0.3 is 0 Å². The standard InChI is InChI=1S/C16H24N4/c1-13(11-17)19-7-9-20(10-8-19)15-6-5-14(12-18-15)16(2,3)4/h5-6,12-13H,7-10H2,1-4H3. The van der Waals surface area contributed by atoms with Gasteiger partial charge < -0.3 is 4.90 Å². The Morgan fingerprint density at radius 1 is 1.20 bits per heavy atom. The van der Waals surface area contributed by atoms with Crippen LogP contribution >= 0.6 is 0 Å². The van der Waals surface area contributed by atoms with Crippen molar-refractivity contribution < 1.29 is 0 Å². The highest BCUT2D eigenvalue weighted by atomic mass is 15.3. The van der Waals surface area contributed by atoms with E-state index < -0.39 is 0 Å². The molecule has 0 spiro atoms. The molecule has 0 N–H and O–H groups in total. The highest BCUT2D eigenvalue weighted by Crippen LogP contribution is 2.23. The number of aromatic nitrogens is 1. The summed E-state index contributed by atoms with van der Waals surface area (Å²) in [6, 6.07) is 6.60. The SMILES string of the molecule is CC(C#N)N1CCN(c2ccc(C(C)(C)C)cn2)CC1. The lowest BCUT2D eigenvalue weighted by Crippen LogP contribution is -2.49. The first-order valence-electron chi connectivity index (χ1n) is 7.27. The van der Waals surface area contributed by atoms with Crippen molar-refractivity contribution in [1.82, 2.24) is 9.88 Å². The maximum Gasteiger partial charge on any atom is 0.128 e. The van der Waals surface area contributed by atoms with Crippen LogP contribution in [0.3, 0.4) is 0 Å². The van der Waals surface area contributed by atoms with Gasteiger partial charge in [0.1, 0.15) is 5.82 Å². The molecule has 1 aliphatic heterocycles. The Labute approximate surface area is 122 Å². The summed E-state index contributed by atoms with van der Waals surface area (Å²) in [6.45, 7) is 12.3. The van der Waals surface area contributed by atoms with Crippen LogP contribution in [0.2, 0.25) is 0 Å². The number of pyridine rings is 1. The molecular formula is C16H24N4. The molecule has 2 rings (SSSR count). The zero-order chi connectivity index (χ0) is 14.8. The average Bonchev–Trinajstić information content (AvgIpc) is 2.46. The molecule has 1 aromatic heterocycles. The first kappa shape index (κ1) is 14.8. The number of nitrogens with zero attached hydrogens (tertiary/aromatic N) is 4. The fraction of sp³-hybridized carbons (Fsp3) is 0.625. The lowest BCUT2D eigenvalue weighted by atomic mass is 9.88. The number of nitriles is 1. The molecule has 108 valence electrons. The quantitative estimate of drug-likeness (QED) is 0.829. The summed E-state index contributed by atoms with van der Waals surface area (Å²) in [5.41, 5.74) is 1.41. The van der Waals surface area contributed by atoms with E-state index in [0.29, 0.717) is 0 Å². The highest BCUT2D eigenvalue weighted by Gasteiger charge is 2.22. The van der Waals surface area contributed by atoms with E-state index in [1.165, 1.54) is 5.56 Å². The Bertz CT molecular complexity index is 473. The zero-order valence-electron chi connectivity index (χ0n) is 12.9. The topological polar surface area (TPSA) is 43.2 Å². The molecule has 1 fully saturated rings. The summed E-state index contributed by atoms with van der Waals surface area (Å²) in [4.78, 5) is 9.12. The lowest BCUT2D eigenvalue weighted by Gasteiger charge is -2.36. The van der Waals surface area contributed by atoms with Crippen molar-refractivity contribution in [3.05, 3.63) is 23.9 Å². The minimum Gasteiger partial charge on any atom is -0.354 e. The normalized spacial score (nSPS) is 18.6. The van der Waals surface area contributed by atoms with Gasteiger partial charge in [-0.15, -0.1) is 0 Å². The first-order chi connectivity index (χ1) is 9.41. The highest BCUT2D eigenvalue weighted by molar-refractivity contribution is 5.41. The van der Waals surface area contributed by atoms with Crippen LogP contribution in [0, 0.1) is 11.3 Å². The van der Waals surface area contributed by atoms with Crippen molar-refractivity contribution in [2.75, 3.05) is 31.1 Å². The first-order valence-corrected chi connectivity index (χ1v) is 7.27. The second-order valence-corrected chi connectivity index (χ2v) is 6.48. The predicted octanol–water partition coefficient (Wildman–Crippen LogP) is 2.41. The summed E-state index contributed by atoms with van der Waals surface area (Å²) in [5.74, 6) is 1.04.